The number of sulfonamides is 1. The van der Waals surface area contributed by atoms with Crippen LogP contribution in [0.4, 0.5) is 11.4 Å². The number of rotatable bonds is 7. The Morgan fingerprint density at radius 2 is 1.77 bits per heavy atom. The zero-order valence-electron chi connectivity index (χ0n) is 14.7. The van der Waals surface area contributed by atoms with Gasteiger partial charge < -0.3 is 10.1 Å². The maximum absolute atomic E-state index is 12.3. The molecule has 138 valence electrons. The lowest BCUT2D eigenvalue weighted by Crippen LogP contribution is -2.37. The minimum absolute atomic E-state index is 0.127. The molecule has 2 aromatic rings. The standard InChI is InChI=1S/C18H20N2O5S/c1-13(21)14-7-9-16(10-8-14)20(26(3,23)24)12-18(22)19-15-5-4-6-17(11-15)25-2/h4-11H,12H2,1-3H3,(H,19,22). The molecule has 2 rings (SSSR count). The number of nitrogens with one attached hydrogen (secondary N) is 1. The number of ether oxygens (including phenoxy) is 1. The van der Waals surface area contributed by atoms with Gasteiger partial charge in [-0.25, -0.2) is 8.42 Å². The van der Waals surface area contributed by atoms with Crippen LogP contribution in [0, 0.1) is 0 Å². The van der Waals surface area contributed by atoms with Gasteiger partial charge in [0.15, 0.2) is 5.78 Å². The highest BCUT2D eigenvalue weighted by atomic mass is 32.2. The first kappa shape index (κ1) is 19.5. The average molecular weight is 376 g/mol. The van der Waals surface area contributed by atoms with Crippen LogP contribution in [0.5, 0.6) is 5.75 Å². The van der Waals surface area contributed by atoms with Crippen molar-refractivity contribution >= 4 is 33.1 Å². The number of ketones is 1. The van der Waals surface area contributed by atoms with Gasteiger partial charge in [0.1, 0.15) is 12.3 Å². The Labute approximate surface area is 152 Å². The van der Waals surface area contributed by atoms with Gasteiger partial charge in [-0.1, -0.05) is 6.07 Å². The number of Topliss-reactive ketones (excluding diaryl/α,β-unsaturated/α-hetero) is 1. The Morgan fingerprint density at radius 1 is 1.12 bits per heavy atom. The molecule has 0 bridgehead atoms. The van der Waals surface area contributed by atoms with E-state index in [4.69, 9.17) is 4.74 Å². The van der Waals surface area contributed by atoms with Crippen molar-refractivity contribution in [1.82, 2.24) is 0 Å². The third-order valence-corrected chi connectivity index (χ3v) is 4.74. The Bertz CT molecular complexity index is 907. The van der Waals surface area contributed by atoms with Gasteiger partial charge in [-0.15, -0.1) is 0 Å². The summed E-state index contributed by atoms with van der Waals surface area (Å²) in [6, 6.07) is 12.8. The largest absolute Gasteiger partial charge is 0.497 e. The number of carbonyl (C=O) groups is 2. The molecule has 26 heavy (non-hydrogen) atoms. The molecule has 0 spiro atoms. The molecule has 1 N–H and O–H groups in total. The molecule has 0 aliphatic carbocycles. The van der Waals surface area contributed by atoms with Crippen LogP contribution >= 0.6 is 0 Å². The van der Waals surface area contributed by atoms with Gasteiger partial charge in [-0.05, 0) is 43.3 Å². The SMILES string of the molecule is COc1cccc(NC(=O)CN(c2ccc(C(C)=O)cc2)S(C)(=O)=O)c1. The van der Waals surface area contributed by atoms with Crippen molar-refractivity contribution < 1.29 is 22.7 Å². The fourth-order valence-corrected chi connectivity index (χ4v) is 3.15. The van der Waals surface area contributed by atoms with Crippen molar-refractivity contribution in [2.24, 2.45) is 0 Å². The molecular formula is C18H20N2O5S. The van der Waals surface area contributed by atoms with Crippen LogP contribution < -0.4 is 14.4 Å². The lowest BCUT2D eigenvalue weighted by molar-refractivity contribution is -0.114. The van der Waals surface area contributed by atoms with Crippen LogP contribution in [-0.4, -0.2) is 40.0 Å². The summed E-state index contributed by atoms with van der Waals surface area (Å²) in [4.78, 5) is 23.7. The van der Waals surface area contributed by atoms with E-state index in [9.17, 15) is 18.0 Å². The smallest absolute Gasteiger partial charge is 0.245 e. The number of benzene rings is 2. The third kappa shape index (κ3) is 5.06. The van der Waals surface area contributed by atoms with Crippen LogP contribution in [-0.2, 0) is 14.8 Å². The molecule has 2 aromatic carbocycles. The lowest BCUT2D eigenvalue weighted by Gasteiger charge is -2.22. The van der Waals surface area contributed by atoms with Crippen molar-refractivity contribution in [3.8, 4) is 5.75 Å². The molecule has 7 nitrogen and oxygen atoms in total. The maximum Gasteiger partial charge on any atom is 0.245 e. The summed E-state index contributed by atoms with van der Waals surface area (Å²) in [7, 11) is -2.18. The van der Waals surface area contributed by atoms with Crippen LogP contribution in [0.25, 0.3) is 0 Å². The Kier molecular flexibility index (Phi) is 5.99. The second-order valence-corrected chi connectivity index (χ2v) is 7.56. The van der Waals surface area contributed by atoms with Crippen LogP contribution in [0.1, 0.15) is 17.3 Å². The maximum atomic E-state index is 12.3. The van der Waals surface area contributed by atoms with Crippen LogP contribution in [0.3, 0.4) is 0 Å². The minimum atomic E-state index is -3.69. The summed E-state index contributed by atoms with van der Waals surface area (Å²) < 4.78 is 30.3. The molecule has 0 aliphatic heterocycles. The van der Waals surface area contributed by atoms with Gasteiger partial charge in [-0.3, -0.25) is 13.9 Å². The zero-order valence-corrected chi connectivity index (χ0v) is 15.5. The first-order valence-corrected chi connectivity index (χ1v) is 9.58. The van der Waals surface area contributed by atoms with E-state index in [2.05, 4.69) is 5.32 Å². The Morgan fingerprint density at radius 3 is 2.31 bits per heavy atom. The van der Waals surface area contributed by atoms with E-state index >= 15 is 0 Å². The molecule has 0 aliphatic rings. The summed E-state index contributed by atoms with van der Waals surface area (Å²) in [6.07, 6.45) is 1.02. The summed E-state index contributed by atoms with van der Waals surface area (Å²) in [5.74, 6) is -0.0554. The van der Waals surface area contributed by atoms with Crippen molar-refractivity contribution in [2.45, 2.75) is 6.92 Å². The first-order chi connectivity index (χ1) is 12.2. The summed E-state index contributed by atoms with van der Waals surface area (Å²) >= 11 is 0. The van der Waals surface area contributed by atoms with Gasteiger partial charge in [0.2, 0.25) is 15.9 Å². The number of hydrogen-bond acceptors (Lipinski definition) is 5. The van der Waals surface area contributed by atoms with E-state index in [1.807, 2.05) is 0 Å². The topological polar surface area (TPSA) is 92.8 Å². The van der Waals surface area contributed by atoms with Gasteiger partial charge in [-0.2, -0.15) is 0 Å². The molecular weight excluding hydrogens is 356 g/mol. The van der Waals surface area contributed by atoms with Gasteiger partial charge in [0.25, 0.3) is 0 Å². The second kappa shape index (κ2) is 8.01. The number of amides is 1. The normalized spacial score (nSPS) is 10.9. The predicted octanol–water partition coefficient (Wildman–Crippen LogP) is 2.30. The van der Waals surface area contributed by atoms with E-state index in [-0.39, 0.29) is 5.78 Å². The van der Waals surface area contributed by atoms with Crippen molar-refractivity contribution in [3.63, 3.8) is 0 Å². The predicted molar refractivity (Wildman–Crippen MR) is 100 cm³/mol. The summed E-state index contributed by atoms with van der Waals surface area (Å²) in [5.41, 5.74) is 1.26. The van der Waals surface area contributed by atoms with Crippen molar-refractivity contribution in [1.29, 1.82) is 0 Å². The molecule has 8 heteroatoms. The molecule has 0 unspecified atom stereocenters. The van der Waals surface area contributed by atoms with Crippen molar-refractivity contribution in [3.05, 3.63) is 54.1 Å². The second-order valence-electron chi connectivity index (χ2n) is 5.65. The summed E-state index contributed by atoms with van der Waals surface area (Å²) in [6.45, 7) is 1.03. The molecule has 0 fully saturated rings. The first-order valence-electron chi connectivity index (χ1n) is 7.73. The van der Waals surface area contributed by atoms with E-state index < -0.39 is 22.5 Å². The average Bonchev–Trinajstić information content (AvgIpc) is 2.59. The Balaban J connectivity index is 2.19. The number of methoxy groups -OCH3 is 1. The number of nitrogens with zero attached hydrogens (tertiary/aromatic N) is 1. The zero-order chi connectivity index (χ0) is 19.3. The molecule has 0 aromatic heterocycles. The highest BCUT2D eigenvalue weighted by Crippen LogP contribution is 2.20. The fourth-order valence-electron chi connectivity index (χ4n) is 2.29. The molecule has 0 saturated carbocycles. The minimum Gasteiger partial charge on any atom is -0.497 e. The quantitative estimate of drug-likeness (QED) is 0.749. The van der Waals surface area contributed by atoms with Gasteiger partial charge in [0, 0.05) is 17.3 Å². The van der Waals surface area contributed by atoms with E-state index in [1.165, 1.54) is 38.3 Å². The molecule has 0 radical (unpaired) electrons. The van der Waals surface area contributed by atoms with E-state index in [1.54, 1.807) is 24.3 Å². The summed E-state index contributed by atoms with van der Waals surface area (Å²) in [5, 5.41) is 2.64. The molecule has 0 heterocycles. The monoisotopic (exact) mass is 376 g/mol. The molecule has 1 amide bonds. The van der Waals surface area contributed by atoms with E-state index in [0.717, 1.165) is 10.6 Å². The highest BCUT2D eigenvalue weighted by molar-refractivity contribution is 7.92. The van der Waals surface area contributed by atoms with Crippen LogP contribution in [0.15, 0.2) is 48.5 Å². The van der Waals surface area contributed by atoms with Crippen LogP contribution in [0.2, 0.25) is 0 Å². The van der Waals surface area contributed by atoms with Gasteiger partial charge in [0.05, 0.1) is 19.1 Å². The lowest BCUT2D eigenvalue weighted by atomic mass is 10.1. The number of carbonyl (C=O) groups excluding carboxylic acids is 2. The van der Waals surface area contributed by atoms with E-state index in [0.29, 0.717) is 22.7 Å². The molecule has 0 atom stereocenters. The number of anilines is 2. The van der Waals surface area contributed by atoms with Crippen molar-refractivity contribution in [2.75, 3.05) is 29.5 Å². The third-order valence-electron chi connectivity index (χ3n) is 3.60. The number of hydrogen-bond donors (Lipinski definition) is 1. The van der Waals surface area contributed by atoms with Gasteiger partial charge >= 0.3 is 0 Å². The highest BCUT2D eigenvalue weighted by Gasteiger charge is 2.21. The fraction of sp³-hybridized carbons (Fsp3) is 0.222. The Hall–Kier alpha value is -2.87. The molecule has 0 saturated heterocycles.